The summed E-state index contributed by atoms with van der Waals surface area (Å²) in [6, 6.07) is 4.31. The van der Waals surface area contributed by atoms with Crippen molar-refractivity contribution in [2.24, 2.45) is 5.73 Å². The van der Waals surface area contributed by atoms with Crippen LogP contribution >= 0.6 is 0 Å². The standard InChI is InChI=1S/C27H35N3O8S/c1-3-20(14-16-30(2)15-8-4-7-11-26(32)33)27-29-19-23(38-27)21-12-13-22(24(18-21)39(34,35)36)37-17-9-5-6-10-25(28)31/h3,12-14,16,18-19H,2,4-11,15,17H2,1H3,(H3-,28,31,32,33,34,35,36)/p+1. The molecular weight excluding hydrogens is 526 g/mol. The molecule has 1 heterocycles. The molecule has 0 saturated carbocycles. The Morgan fingerprint density at radius 3 is 2.54 bits per heavy atom. The molecule has 212 valence electrons. The number of allylic oxidation sites excluding steroid dienone is 3. The van der Waals surface area contributed by atoms with Gasteiger partial charge in [-0.1, -0.05) is 6.08 Å². The van der Waals surface area contributed by atoms with E-state index in [0.29, 0.717) is 55.0 Å². The van der Waals surface area contributed by atoms with Crippen LogP contribution in [-0.4, -0.2) is 59.4 Å². The number of carbonyl (C=O) groups excluding carboxylic acids is 1. The molecule has 2 rings (SSSR count). The number of hydrogen-bond donors (Lipinski definition) is 3. The van der Waals surface area contributed by atoms with Gasteiger partial charge < -0.3 is 20.0 Å². The van der Waals surface area contributed by atoms with E-state index in [0.717, 1.165) is 12.8 Å². The number of aliphatic carboxylic acids is 1. The number of rotatable bonds is 18. The maximum absolute atomic E-state index is 12.0. The molecule has 11 nitrogen and oxygen atoms in total. The van der Waals surface area contributed by atoms with Crippen molar-refractivity contribution in [1.82, 2.24) is 4.98 Å². The molecule has 0 aliphatic carbocycles. The number of ether oxygens (including phenoxy) is 1. The molecule has 39 heavy (non-hydrogen) atoms. The van der Waals surface area contributed by atoms with Gasteiger partial charge in [-0.05, 0) is 57.2 Å². The average molecular weight is 563 g/mol. The largest absolute Gasteiger partial charge is 0.492 e. The van der Waals surface area contributed by atoms with E-state index in [2.05, 4.69) is 11.7 Å². The van der Waals surface area contributed by atoms with Gasteiger partial charge in [-0.3, -0.25) is 14.1 Å². The zero-order chi connectivity index (χ0) is 28.8. The third-order valence-electron chi connectivity index (χ3n) is 5.70. The number of nitrogens with two attached hydrogens (primary N) is 1. The molecule has 2 aromatic rings. The van der Waals surface area contributed by atoms with Gasteiger partial charge >= 0.3 is 5.97 Å². The fourth-order valence-corrected chi connectivity index (χ4v) is 4.26. The second kappa shape index (κ2) is 15.6. The van der Waals surface area contributed by atoms with Crippen LogP contribution in [0.2, 0.25) is 0 Å². The van der Waals surface area contributed by atoms with Gasteiger partial charge in [0.2, 0.25) is 11.8 Å². The van der Waals surface area contributed by atoms with Crippen LogP contribution in [0, 0.1) is 0 Å². The van der Waals surface area contributed by atoms with Gasteiger partial charge in [-0.15, -0.1) is 0 Å². The number of unbranched alkanes of at least 4 members (excludes halogenated alkanes) is 4. The summed E-state index contributed by atoms with van der Waals surface area (Å²) in [6.45, 7) is 6.63. The van der Waals surface area contributed by atoms with Crippen molar-refractivity contribution in [3.8, 4) is 17.1 Å². The molecule has 0 atom stereocenters. The lowest BCUT2D eigenvalue weighted by Gasteiger charge is -2.11. The Kier molecular flexibility index (Phi) is 12.6. The Morgan fingerprint density at radius 1 is 1.15 bits per heavy atom. The number of aromatic nitrogens is 1. The highest BCUT2D eigenvalue weighted by molar-refractivity contribution is 7.86. The van der Waals surface area contributed by atoms with Crippen molar-refractivity contribution in [2.75, 3.05) is 13.2 Å². The van der Waals surface area contributed by atoms with Crippen LogP contribution in [0.5, 0.6) is 5.75 Å². The monoisotopic (exact) mass is 562 g/mol. The molecule has 0 spiro atoms. The first kappa shape index (κ1) is 31.4. The lowest BCUT2D eigenvalue weighted by atomic mass is 10.2. The van der Waals surface area contributed by atoms with Crippen molar-refractivity contribution in [3.05, 3.63) is 48.6 Å². The van der Waals surface area contributed by atoms with Gasteiger partial charge in [0.25, 0.3) is 10.1 Å². The summed E-state index contributed by atoms with van der Waals surface area (Å²) in [6.07, 6.45) is 11.3. The fraction of sp³-hybridized carbons (Fsp3) is 0.407. The molecule has 0 aliphatic heterocycles. The molecule has 0 saturated heterocycles. The maximum Gasteiger partial charge on any atom is 0.303 e. The zero-order valence-electron chi connectivity index (χ0n) is 22.0. The van der Waals surface area contributed by atoms with Crippen LogP contribution in [-0.2, 0) is 19.7 Å². The van der Waals surface area contributed by atoms with Gasteiger partial charge in [0.05, 0.1) is 12.8 Å². The number of carboxylic acids is 1. The molecule has 0 aliphatic rings. The predicted molar refractivity (Wildman–Crippen MR) is 146 cm³/mol. The number of carbonyl (C=O) groups is 2. The highest BCUT2D eigenvalue weighted by Crippen LogP contribution is 2.31. The normalized spacial score (nSPS) is 12.1. The number of nitrogens with zero attached hydrogens (tertiary/aromatic N) is 2. The summed E-state index contributed by atoms with van der Waals surface area (Å²) in [5.41, 5.74) is 6.17. The Balaban J connectivity index is 2.05. The van der Waals surface area contributed by atoms with E-state index < -0.39 is 21.0 Å². The van der Waals surface area contributed by atoms with Crippen LogP contribution in [0.1, 0.15) is 64.2 Å². The Hall–Kier alpha value is -3.77. The van der Waals surface area contributed by atoms with E-state index in [1.807, 2.05) is 6.92 Å². The summed E-state index contributed by atoms with van der Waals surface area (Å²) < 4.78 is 47.0. The number of benzene rings is 1. The number of hydrogen-bond acceptors (Lipinski definition) is 7. The molecule has 0 fully saturated rings. The molecule has 0 radical (unpaired) electrons. The molecule has 0 bridgehead atoms. The first-order chi connectivity index (χ1) is 18.5. The molecule has 0 unspecified atom stereocenters. The quantitative estimate of drug-likeness (QED) is 0.0787. The smallest absolute Gasteiger partial charge is 0.303 e. The van der Waals surface area contributed by atoms with E-state index in [4.69, 9.17) is 20.0 Å². The third kappa shape index (κ3) is 11.2. The molecule has 1 amide bonds. The number of carboxylic acid groups (broad SMARTS) is 1. The predicted octanol–water partition coefficient (Wildman–Crippen LogP) is 4.29. The second-order valence-electron chi connectivity index (χ2n) is 8.87. The van der Waals surface area contributed by atoms with Gasteiger partial charge in [-0.2, -0.15) is 8.42 Å². The summed E-state index contributed by atoms with van der Waals surface area (Å²) in [5.74, 6) is -0.562. The first-order valence-electron chi connectivity index (χ1n) is 12.6. The lowest BCUT2D eigenvalue weighted by molar-refractivity contribution is -0.448. The van der Waals surface area contributed by atoms with Gasteiger partial charge in [0, 0.05) is 36.5 Å². The van der Waals surface area contributed by atoms with Crippen LogP contribution in [0.15, 0.2) is 52.1 Å². The van der Waals surface area contributed by atoms with Crippen LogP contribution in [0.25, 0.3) is 16.9 Å². The zero-order valence-corrected chi connectivity index (χ0v) is 22.9. The van der Waals surface area contributed by atoms with E-state index >= 15 is 0 Å². The fourth-order valence-electron chi connectivity index (χ4n) is 3.60. The van der Waals surface area contributed by atoms with Crippen LogP contribution in [0.4, 0.5) is 0 Å². The summed E-state index contributed by atoms with van der Waals surface area (Å²) >= 11 is 0. The topological polar surface area (TPSA) is 173 Å². The third-order valence-corrected chi connectivity index (χ3v) is 6.57. The average Bonchev–Trinajstić information content (AvgIpc) is 3.35. The van der Waals surface area contributed by atoms with Crippen molar-refractivity contribution < 1.29 is 41.4 Å². The summed E-state index contributed by atoms with van der Waals surface area (Å²) in [5, 5.41) is 8.70. The Bertz CT molecular complexity index is 1310. The number of primary amides is 1. The van der Waals surface area contributed by atoms with Crippen LogP contribution in [0.3, 0.4) is 0 Å². The highest BCUT2D eigenvalue weighted by atomic mass is 32.2. The minimum atomic E-state index is -4.58. The SMILES string of the molecule is C=[N+](C=CC(=CC)c1ncc(-c2ccc(OCCCCCC(N)=O)c(S(=O)(=O)O)c2)o1)CCCCCC(=O)O. The van der Waals surface area contributed by atoms with E-state index in [-0.39, 0.29) is 31.1 Å². The maximum atomic E-state index is 12.0. The van der Waals surface area contributed by atoms with Crippen molar-refractivity contribution in [2.45, 2.75) is 63.2 Å². The van der Waals surface area contributed by atoms with Crippen molar-refractivity contribution in [1.29, 1.82) is 0 Å². The van der Waals surface area contributed by atoms with Gasteiger partial charge in [-0.25, -0.2) is 9.56 Å². The highest BCUT2D eigenvalue weighted by Gasteiger charge is 2.20. The Morgan fingerprint density at radius 2 is 1.87 bits per heavy atom. The minimum Gasteiger partial charge on any atom is -0.492 e. The molecule has 12 heteroatoms. The van der Waals surface area contributed by atoms with Gasteiger partial charge in [0.1, 0.15) is 23.9 Å². The van der Waals surface area contributed by atoms with E-state index in [1.165, 1.54) is 18.3 Å². The summed E-state index contributed by atoms with van der Waals surface area (Å²) in [7, 11) is -4.58. The number of amides is 1. The van der Waals surface area contributed by atoms with Crippen molar-refractivity contribution in [3.63, 3.8) is 0 Å². The summed E-state index contributed by atoms with van der Waals surface area (Å²) in [4.78, 5) is 25.3. The second-order valence-corrected chi connectivity index (χ2v) is 10.3. The molecule has 1 aromatic heterocycles. The molecule has 1 aromatic carbocycles. The minimum absolute atomic E-state index is 0.00598. The van der Waals surface area contributed by atoms with Gasteiger partial charge in [0.15, 0.2) is 12.0 Å². The lowest BCUT2D eigenvalue weighted by Crippen LogP contribution is -2.10. The van der Waals surface area contributed by atoms with E-state index in [9.17, 15) is 22.6 Å². The Labute approximate surface area is 228 Å². The molecule has 4 N–H and O–H groups in total. The van der Waals surface area contributed by atoms with Crippen LogP contribution < -0.4 is 10.5 Å². The number of oxazole rings is 1. The van der Waals surface area contributed by atoms with Crippen molar-refractivity contribution >= 4 is 34.3 Å². The first-order valence-corrected chi connectivity index (χ1v) is 14.1. The molecular formula is C27H36N3O8S+. The van der Waals surface area contributed by atoms with E-state index in [1.54, 1.807) is 29.0 Å².